The minimum atomic E-state index is 0.407. The Hall–Kier alpha value is -0.710. The summed E-state index contributed by atoms with van der Waals surface area (Å²) in [5.74, 6) is 0. The van der Waals surface area contributed by atoms with Gasteiger partial charge < -0.3 is 4.84 Å². The minimum Gasteiger partial charge on any atom is -0.302 e. The topological polar surface area (TPSA) is 47.0 Å². The second kappa shape index (κ2) is 5.03. The second-order valence-corrected chi connectivity index (χ2v) is 2.41. The fourth-order valence-corrected chi connectivity index (χ4v) is 0.862. The molecule has 0 aliphatic carbocycles. The molecule has 0 atom stereocenters. The molecule has 1 N–H and O–H groups in total. The van der Waals surface area contributed by atoms with Gasteiger partial charge in [-0.3, -0.25) is 4.98 Å². The number of aromatic nitrogens is 2. The van der Waals surface area contributed by atoms with Gasteiger partial charge in [-0.2, -0.15) is 5.48 Å². The molecule has 0 unspecified atom stereocenters. The van der Waals surface area contributed by atoms with E-state index in [1.807, 2.05) is 6.92 Å². The molecule has 0 spiro atoms. The highest BCUT2D eigenvalue weighted by Crippen LogP contribution is 2.07. The third-order valence-electron chi connectivity index (χ3n) is 1.21. The van der Waals surface area contributed by atoms with Crippen molar-refractivity contribution >= 4 is 11.6 Å². The predicted molar refractivity (Wildman–Crippen MR) is 45.5 cm³/mol. The van der Waals surface area contributed by atoms with Crippen molar-refractivity contribution < 1.29 is 4.84 Å². The fourth-order valence-electron chi connectivity index (χ4n) is 0.690. The maximum absolute atomic E-state index is 5.73. The molecule has 1 heterocycles. The number of hydrogen-bond donors (Lipinski definition) is 1. The summed E-state index contributed by atoms with van der Waals surface area (Å²) in [7, 11) is 0. The lowest BCUT2D eigenvalue weighted by atomic mass is 10.4. The first-order valence-electron chi connectivity index (χ1n) is 3.64. The summed E-state index contributed by atoms with van der Waals surface area (Å²) in [6, 6.07) is 0. The summed E-state index contributed by atoms with van der Waals surface area (Å²) in [4.78, 5) is 12.8. The van der Waals surface area contributed by atoms with Crippen LogP contribution in [0.25, 0.3) is 0 Å². The lowest BCUT2D eigenvalue weighted by Crippen LogP contribution is -2.15. The molecule has 0 fully saturated rings. The molecule has 12 heavy (non-hydrogen) atoms. The molecule has 1 rings (SSSR count). The van der Waals surface area contributed by atoms with Crippen molar-refractivity contribution in [1.29, 1.82) is 0 Å². The Morgan fingerprint density at radius 2 is 2.25 bits per heavy atom. The average Bonchev–Trinajstić information content (AvgIpc) is 2.09. The summed E-state index contributed by atoms with van der Waals surface area (Å²) in [6.45, 7) is 2.98. The third-order valence-corrected chi connectivity index (χ3v) is 1.52. The van der Waals surface area contributed by atoms with Crippen molar-refractivity contribution in [2.45, 2.75) is 13.5 Å². The van der Waals surface area contributed by atoms with Crippen LogP contribution in [0.2, 0.25) is 5.15 Å². The van der Waals surface area contributed by atoms with Crippen LogP contribution in [0.15, 0.2) is 12.4 Å². The van der Waals surface area contributed by atoms with Crippen molar-refractivity contribution in [1.82, 2.24) is 15.4 Å². The first kappa shape index (κ1) is 9.38. The van der Waals surface area contributed by atoms with Gasteiger partial charge in [0.2, 0.25) is 0 Å². The summed E-state index contributed by atoms with van der Waals surface area (Å²) >= 11 is 5.73. The van der Waals surface area contributed by atoms with Crippen LogP contribution in [0.1, 0.15) is 12.6 Å². The van der Waals surface area contributed by atoms with E-state index in [9.17, 15) is 0 Å². The fraction of sp³-hybridized carbons (Fsp3) is 0.429. The van der Waals surface area contributed by atoms with Gasteiger partial charge in [-0.25, -0.2) is 4.98 Å². The van der Waals surface area contributed by atoms with Gasteiger partial charge in [0.1, 0.15) is 0 Å². The van der Waals surface area contributed by atoms with E-state index in [4.69, 9.17) is 16.4 Å². The van der Waals surface area contributed by atoms with Crippen LogP contribution in [0, 0.1) is 0 Å². The Bertz CT molecular complexity index is 244. The highest BCUT2D eigenvalue weighted by Gasteiger charge is 1.99. The monoisotopic (exact) mass is 187 g/mol. The molecule has 0 saturated carbocycles. The van der Waals surface area contributed by atoms with E-state index in [0.29, 0.717) is 24.0 Å². The molecular weight excluding hydrogens is 178 g/mol. The lowest BCUT2D eigenvalue weighted by Gasteiger charge is -2.02. The van der Waals surface area contributed by atoms with Crippen LogP contribution in [-0.4, -0.2) is 16.6 Å². The molecular formula is C7H10ClN3O. The van der Waals surface area contributed by atoms with Crippen LogP contribution < -0.4 is 5.48 Å². The van der Waals surface area contributed by atoms with Gasteiger partial charge in [0.25, 0.3) is 0 Å². The molecule has 5 heteroatoms. The van der Waals surface area contributed by atoms with E-state index in [2.05, 4.69) is 15.4 Å². The van der Waals surface area contributed by atoms with E-state index >= 15 is 0 Å². The molecule has 66 valence electrons. The SMILES string of the molecule is CCONCc1nccnc1Cl. The molecule has 0 radical (unpaired) electrons. The van der Waals surface area contributed by atoms with Crippen LogP contribution in [0.3, 0.4) is 0 Å². The number of nitrogens with zero attached hydrogens (tertiary/aromatic N) is 2. The van der Waals surface area contributed by atoms with Crippen LogP contribution in [0.4, 0.5) is 0 Å². The zero-order valence-corrected chi connectivity index (χ0v) is 7.51. The van der Waals surface area contributed by atoms with E-state index in [0.717, 1.165) is 0 Å². The molecule has 4 nitrogen and oxygen atoms in total. The van der Waals surface area contributed by atoms with Gasteiger partial charge in [0.05, 0.1) is 18.8 Å². The van der Waals surface area contributed by atoms with Crippen molar-refractivity contribution in [2.75, 3.05) is 6.61 Å². The normalized spacial score (nSPS) is 10.2. The first-order chi connectivity index (χ1) is 5.84. The molecule has 1 aromatic rings. The van der Waals surface area contributed by atoms with Crippen LogP contribution >= 0.6 is 11.6 Å². The van der Waals surface area contributed by atoms with Gasteiger partial charge in [-0.15, -0.1) is 0 Å². The maximum Gasteiger partial charge on any atom is 0.151 e. The first-order valence-corrected chi connectivity index (χ1v) is 4.02. The zero-order valence-electron chi connectivity index (χ0n) is 6.75. The van der Waals surface area contributed by atoms with E-state index in [1.165, 1.54) is 0 Å². The quantitative estimate of drug-likeness (QED) is 0.568. The molecule has 0 saturated heterocycles. The van der Waals surface area contributed by atoms with Gasteiger partial charge in [-0.1, -0.05) is 11.6 Å². The van der Waals surface area contributed by atoms with Crippen molar-refractivity contribution in [2.24, 2.45) is 0 Å². The standard InChI is InChI=1S/C7H10ClN3O/c1-2-12-11-5-6-7(8)10-4-3-9-6/h3-4,11H,2,5H2,1H3. The third kappa shape index (κ3) is 2.73. The molecule has 0 aliphatic rings. The van der Waals surface area contributed by atoms with Crippen LogP contribution in [0.5, 0.6) is 0 Å². The molecule has 0 aromatic carbocycles. The number of halogens is 1. The average molecular weight is 188 g/mol. The molecule has 0 aliphatic heterocycles. The van der Waals surface area contributed by atoms with Crippen molar-refractivity contribution in [3.63, 3.8) is 0 Å². The van der Waals surface area contributed by atoms with Gasteiger partial charge >= 0.3 is 0 Å². The highest BCUT2D eigenvalue weighted by atomic mass is 35.5. The number of nitrogens with one attached hydrogen (secondary N) is 1. The Balaban J connectivity index is 2.46. The number of hydroxylamine groups is 1. The smallest absolute Gasteiger partial charge is 0.151 e. The van der Waals surface area contributed by atoms with E-state index in [1.54, 1.807) is 12.4 Å². The summed E-state index contributed by atoms with van der Waals surface area (Å²) in [6.07, 6.45) is 3.14. The van der Waals surface area contributed by atoms with Crippen molar-refractivity contribution in [3.05, 3.63) is 23.2 Å². The van der Waals surface area contributed by atoms with Gasteiger partial charge in [-0.05, 0) is 6.92 Å². The summed E-state index contributed by atoms with van der Waals surface area (Å²) < 4.78 is 0. The summed E-state index contributed by atoms with van der Waals surface area (Å²) in [5, 5.41) is 0.407. The Kier molecular flexibility index (Phi) is 3.93. The molecule has 0 amide bonds. The lowest BCUT2D eigenvalue weighted by molar-refractivity contribution is 0.0456. The number of hydrogen-bond acceptors (Lipinski definition) is 4. The Labute approximate surface area is 75.9 Å². The number of rotatable bonds is 4. The van der Waals surface area contributed by atoms with Crippen LogP contribution in [-0.2, 0) is 11.4 Å². The summed E-state index contributed by atoms with van der Waals surface area (Å²) in [5.41, 5.74) is 3.39. The van der Waals surface area contributed by atoms with Gasteiger partial charge in [0.15, 0.2) is 5.15 Å². The molecule has 0 bridgehead atoms. The largest absolute Gasteiger partial charge is 0.302 e. The second-order valence-electron chi connectivity index (χ2n) is 2.05. The minimum absolute atomic E-state index is 0.407. The Morgan fingerprint density at radius 1 is 1.50 bits per heavy atom. The molecule has 1 aromatic heterocycles. The predicted octanol–water partition coefficient (Wildman–Crippen LogP) is 1.17. The zero-order chi connectivity index (χ0) is 8.81. The Morgan fingerprint density at radius 3 is 2.92 bits per heavy atom. The van der Waals surface area contributed by atoms with E-state index < -0.39 is 0 Å². The van der Waals surface area contributed by atoms with Crippen molar-refractivity contribution in [3.8, 4) is 0 Å². The van der Waals surface area contributed by atoms with E-state index in [-0.39, 0.29) is 0 Å². The highest BCUT2D eigenvalue weighted by molar-refractivity contribution is 6.29. The maximum atomic E-state index is 5.73. The van der Waals surface area contributed by atoms with Gasteiger partial charge in [0, 0.05) is 12.4 Å².